The van der Waals surface area contributed by atoms with Crippen LogP contribution in [0, 0.1) is 5.92 Å². The number of hydrogen-bond acceptors (Lipinski definition) is 3. The number of nitrogens with zero attached hydrogens (tertiary/aromatic N) is 1. The summed E-state index contributed by atoms with van der Waals surface area (Å²) in [4.78, 5) is 14.1. The first-order valence-electron chi connectivity index (χ1n) is 6.49. The molecule has 1 amide bonds. The van der Waals surface area contributed by atoms with Crippen molar-refractivity contribution in [2.45, 2.75) is 19.3 Å². The van der Waals surface area contributed by atoms with Gasteiger partial charge in [0.25, 0.3) is 5.91 Å². The van der Waals surface area contributed by atoms with Crippen molar-refractivity contribution < 1.29 is 9.90 Å². The van der Waals surface area contributed by atoms with Gasteiger partial charge < -0.3 is 15.7 Å². The van der Waals surface area contributed by atoms with E-state index in [0.29, 0.717) is 11.5 Å². The van der Waals surface area contributed by atoms with Gasteiger partial charge in [-0.05, 0) is 56.0 Å². The first kappa shape index (κ1) is 12.9. The van der Waals surface area contributed by atoms with Crippen LogP contribution in [0.5, 0.6) is 5.75 Å². The lowest BCUT2D eigenvalue weighted by Crippen LogP contribution is -2.38. The topological polar surface area (TPSA) is 66.6 Å². The Labute approximate surface area is 107 Å². The van der Waals surface area contributed by atoms with Crippen LogP contribution in [0.2, 0.25) is 0 Å². The molecule has 18 heavy (non-hydrogen) atoms. The fraction of sp³-hybridized carbons (Fsp3) is 0.500. The van der Waals surface area contributed by atoms with E-state index in [9.17, 15) is 9.90 Å². The average Bonchev–Trinajstić information content (AvgIpc) is 2.40. The molecule has 1 fully saturated rings. The molecule has 1 heterocycles. The van der Waals surface area contributed by atoms with Crippen molar-refractivity contribution >= 4 is 5.91 Å². The summed E-state index contributed by atoms with van der Waals surface area (Å²) in [5, 5.41) is 9.21. The van der Waals surface area contributed by atoms with Crippen LogP contribution in [-0.4, -0.2) is 35.5 Å². The zero-order valence-electron chi connectivity index (χ0n) is 10.5. The summed E-state index contributed by atoms with van der Waals surface area (Å²) in [6, 6.07) is 6.44. The molecule has 0 atom stereocenters. The molecule has 1 aliphatic heterocycles. The predicted octanol–water partition coefficient (Wildman–Crippen LogP) is 1.59. The van der Waals surface area contributed by atoms with Gasteiger partial charge in [0.15, 0.2) is 0 Å². The van der Waals surface area contributed by atoms with Crippen molar-refractivity contribution in [3.63, 3.8) is 0 Å². The van der Waals surface area contributed by atoms with E-state index in [1.807, 2.05) is 4.90 Å². The van der Waals surface area contributed by atoms with E-state index in [-0.39, 0.29) is 11.7 Å². The number of carbonyl (C=O) groups is 1. The Morgan fingerprint density at radius 1 is 1.28 bits per heavy atom. The van der Waals surface area contributed by atoms with Crippen LogP contribution in [0.25, 0.3) is 0 Å². The van der Waals surface area contributed by atoms with Gasteiger partial charge >= 0.3 is 0 Å². The normalized spacial score (nSPS) is 16.8. The van der Waals surface area contributed by atoms with Gasteiger partial charge in [-0.1, -0.05) is 0 Å². The molecule has 3 N–H and O–H groups in total. The number of hydrogen-bond donors (Lipinski definition) is 2. The second-order valence-electron chi connectivity index (χ2n) is 4.86. The number of aromatic hydroxyl groups is 1. The van der Waals surface area contributed by atoms with Crippen LogP contribution in [0.4, 0.5) is 0 Å². The molecule has 98 valence electrons. The molecule has 0 unspecified atom stereocenters. The van der Waals surface area contributed by atoms with Crippen LogP contribution in [0.3, 0.4) is 0 Å². The number of phenols is 1. The van der Waals surface area contributed by atoms with Crippen LogP contribution < -0.4 is 5.73 Å². The van der Waals surface area contributed by atoms with Crippen LogP contribution in [0.15, 0.2) is 24.3 Å². The molecule has 0 aliphatic carbocycles. The third-order valence-electron chi connectivity index (χ3n) is 3.59. The molecule has 0 bridgehead atoms. The largest absolute Gasteiger partial charge is 0.508 e. The van der Waals surface area contributed by atoms with E-state index in [1.54, 1.807) is 24.3 Å². The average molecular weight is 248 g/mol. The number of nitrogens with two attached hydrogens (primary N) is 1. The highest BCUT2D eigenvalue weighted by Crippen LogP contribution is 2.21. The maximum Gasteiger partial charge on any atom is 0.253 e. The summed E-state index contributed by atoms with van der Waals surface area (Å²) >= 11 is 0. The molecule has 2 rings (SSSR count). The van der Waals surface area contributed by atoms with E-state index in [4.69, 9.17) is 5.73 Å². The van der Waals surface area contributed by atoms with Crippen molar-refractivity contribution in [1.82, 2.24) is 4.90 Å². The number of likely N-dealkylation sites (tertiary alicyclic amines) is 1. The maximum atomic E-state index is 12.2. The lowest BCUT2D eigenvalue weighted by molar-refractivity contribution is 0.0688. The van der Waals surface area contributed by atoms with Crippen molar-refractivity contribution in [1.29, 1.82) is 0 Å². The molecule has 1 aromatic rings. The van der Waals surface area contributed by atoms with Gasteiger partial charge in [0.2, 0.25) is 0 Å². The van der Waals surface area contributed by atoms with E-state index in [1.165, 1.54) is 0 Å². The Hall–Kier alpha value is -1.55. The molecule has 4 nitrogen and oxygen atoms in total. The van der Waals surface area contributed by atoms with Gasteiger partial charge in [-0.2, -0.15) is 0 Å². The summed E-state index contributed by atoms with van der Waals surface area (Å²) in [5.74, 6) is 0.910. The summed E-state index contributed by atoms with van der Waals surface area (Å²) in [6.45, 7) is 2.35. The standard InChI is InChI=1S/C14H20N2O2/c15-8-5-11-6-9-16(10-7-11)14(18)12-1-3-13(17)4-2-12/h1-4,11,17H,5-10,15H2. The van der Waals surface area contributed by atoms with Crippen molar-refractivity contribution in [3.05, 3.63) is 29.8 Å². The first-order chi connectivity index (χ1) is 8.70. The van der Waals surface area contributed by atoms with Gasteiger partial charge in [-0.3, -0.25) is 4.79 Å². The lowest BCUT2D eigenvalue weighted by atomic mass is 9.93. The monoisotopic (exact) mass is 248 g/mol. The summed E-state index contributed by atoms with van der Waals surface area (Å²) in [6.07, 6.45) is 3.14. The van der Waals surface area contributed by atoms with Crippen molar-refractivity contribution in [2.75, 3.05) is 19.6 Å². The molecule has 0 saturated carbocycles. The van der Waals surface area contributed by atoms with Crippen molar-refractivity contribution in [3.8, 4) is 5.75 Å². The van der Waals surface area contributed by atoms with E-state index >= 15 is 0 Å². The fourth-order valence-electron chi connectivity index (χ4n) is 2.45. The molecule has 4 heteroatoms. The van der Waals surface area contributed by atoms with Gasteiger partial charge in [0, 0.05) is 18.7 Å². The second kappa shape index (κ2) is 5.87. The number of amides is 1. The predicted molar refractivity (Wildman–Crippen MR) is 70.4 cm³/mol. The van der Waals surface area contributed by atoms with E-state index < -0.39 is 0 Å². The highest BCUT2D eigenvalue weighted by Gasteiger charge is 2.22. The maximum absolute atomic E-state index is 12.2. The minimum Gasteiger partial charge on any atom is -0.508 e. The number of carbonyl (C=O) groups excluding carboxylic acids is 1. The van der Waals surface area contributed by atoms with E-state index in [2.05, 4.69) is 0 Å². The van der Waals surface area contributed by atoms with Gasteiger partial charge in [-0.25, -0.2) is 0 Å². The van der Waals surface area contributed by atoms with Crippen molar-refractivity contribution in [2.24, 2.45) is 11.7 Å². The molecular weight excluding hydrogens is 228 g/mol. The molecule has 1 aliphatic rings. The summed E-state index contributed by atoms with van der Waals surface area (Å²) < 4.78 is 0. The zero-order chi connectivity index (χ0) is 13.0. The highest BCUT2D eigenvalue weighted by atomic mass is 16.3. The fourth-order valence-corrected chi connectivity index (χ4v) is 2.45. The summed E-state index contributed by atoms with van der Waals surface area (Å²) in [7, 11) is 0. The Balaban J connectivity index is 1.93. The lowest BCUT2D eigenvalue weighted by Gasteiger charge is -2.32. The van der Waals surface area contributed by atoms with Gasteiger partial charge in [0.1, 0.15) is 5.75 Å². The minimum atomic E-state index is 0.0567. The van der Waals surface area contributed by atoms with Crippen LogP contribution in [0.1, 0.15) is 29.6 Å². The quantitative estimate of drug-likeness (QED) is 0.853. The highest BCUT2D eigenvalue weighted by molar-refractivity contribution is 5.94. The Bertz CT molecular complexity index is 395. The third kappa shape index (κ3) is 3.01. The Morgan fingerprint density at radius 2 is 1.89 bits per heavy atom. The Kier molecular flexibility index (Phi) is 4.20. The van der Waals surface area contributed by atoms with Crippen LogP contribution in [-0.2, 0) is 0 Å². The summed E-state index contributed by atoms with van der Waals surface area (Å²) in [5.41, 5.74) is 6.20. The number of rotatable bonds is 3. The number of piperidine rings is 1. The molecule has 0 aromatic heterocycles. The van der Waals surface area contributed by atoms with Crippen LogP contribution >= 0.6 is 0 Å². The SMILES string of the molecule is NCCC1CCN(C(=O)c2ccc(O)cc2)CC1. The Morgan fingerprint density at radius 3 is 2.44 bits per heavy atom. The molecule has 1 saturated heterocycles. The van der Waals surface area contributed by atoms with E-state index in [0.717, 1.165) is 38.9 Å². The number of benzene rings is 1. The minimum absolute atomic E-state index is 0.0567. The second-order valence-corrected chi connectivity index (χ2v) is 4.86. The zero-order valence-corrected chi connectivity index (χ0v) is 10.5. The molecule has 1 aromatic carbocycles. The number of phenolic OH excluding ortho intramolecular Hbond substituents is 1. The van der Waals surface area contributed by atoms with Gasteiger partial charge in [0.05, 0.1) is 0 Å². The third-order valence-corrected chi connectivity index (χ3v) is 3.59. The first-order valence-corrected chi connectivity index (χ1v) is 6.49. The van der Waals surface area contributed by atoms with Gasteiger partial charge in [-0.15, -0.1) is 0 Å². The molecular formula is C14H20N2O2. The molecule has 0 radical (unpaired) electrons. The molecule has 0 spiro atoms. The smallest absolute Gasteiger partial charge is 0.253 e.